The van der Waals surface area contributed by atoms with Gasteiger partial charge in [-0.25, -0.2) is 23.1 Å². The van der Waals surface area contributed by atoms with Gasteiger partial charge in [0.05, 0.1) is 4.90 Å². The molecule has 1 aromatic heterocycles. The van der Waals surface area contributed by atoms with Crippen molar-refractivity contribution in [1.29, 1.82) is 0 Å². The zero-order chi connectivity index (χ0) is 15.8. The number of nitrogens with zero attached hydrogens (tertiary/aromatic N) is 2. The average molecular weight is 306 g/mol. The molecule has 0 saturated carbocycles. The van der Waals surface area contributed by atoms with Crippen LogP contribution in [0.15, 0.2) is 23.1 Å². The first kappa shape index (κ1) is 15.2. The van der Waals surface area contributed by atoms with Crippen molar-refractivity contribution in [2.75, 3.05) is 10.5 Å². The van der Waals surface area contributed by atoms with E-state index in [1.54, 1.807) is 45.9 Å². The van der Waals surface area contributed by atoms with Crippen LogP contribution in [0.25, 0.3) is 0 Å². The summed E-state index contributed by atoms with van der Waals surface area (Å²) in [7, 11) is -3.76. The molecule has 0 saturated heterocycles. The number of nitrogen functional groups attached to an aromatic ring is 1. The summed E-state index contributed by atoms with van der Waals surface area (Å²) >= 11 is 0. The highest BCUT2D eigenvalue weighted by Gasteiger charge is 2.21. The van der Waals surface area contributed by atoms with Gasteiger partial charge < -0.3 is 5.73 Å². The Kier molecular flexibility index (Phi) is 3.87. The molecule has 0 radical (unpaired) electrons. The molecule has 3 N–H and O–H groups in total. The van der Waals surface area contributed by atoms with E-state index < -0.39 is 10.0 Å². The van der Waals surface area contributed by atoms with E-state index in [-0.39, 0.29) is 10.8 Å². The number of nitrogens with one attached hydrogen (secondary N) is 1. The van der Waals surface area contributed by atoms with Crippen LogP contribution < -0.4 is 10.5 Å². The molecule has 0 fully saturated rings. The minimum atomic E-state index is -3.76. The predicted octanol–water partition coefficient (Wildman–Crippen LogP) is 2.09. The molecule has 1 aromatic carbocycles. The number of anilines is 2. The Labute approximate surface area is 124 Å². The van der Waals surface area contributed by atoms with Gasteiger partial charge in [0.15, 0.2) is 0 Å². The van der Waals surface area contributed by atoms with Crippen molar-refractivity contribution in [2.24, 2.45) is 0 Å². The van der Waals surface area contributed by atoms with E-state index in [0.29, 0.717) is 28.2 Å². The Morgan fingerprint density at radius 1 is 0.952 bits per heavy atom. The van der Waals surface area contributed by atoms with Gasteiger partial charge in [-0.2, -0.15) is 0 Å². The van der Waals surface area contributed by atoms with Crippen molar-refractivity contribution in [2.45, 2.75) is 32.6 Å². The van der Waals surface area contributed by atoms with Crippen LogP contribution in [0.2, 0.25) is 0 Å². The molecule has 1 heterocycles. The summed E-state index contributed by atoms with van der Waals surface area (Å²) in [6.07, 6.45) is 0. The first-order chi connectivity index (χ1) is 9.69. The minimum Gasteiger partial charge on any atom is -0.399 e. The van der Waals surface area contributed by atoms with Crippen molar-refractivity contribution in [3.05, 3.63) is 40.7 Å². The molecule has 0 atom stereocenters. The lowest BCUT2D eigenvalue weighted by molar-refractivity contribution is 0.599. The monoisotopic (exact) mass is 306 g/mol. The van der Waals surface area contributed by atoms with Gasteiger partial charge in [0, 0.05) is 17.1 Å². The van der Waals surface area contributed by atoms with E-state index in [4.69, 9.17) is 5.73 Å². The summed E-state index contributed by atoms with van der Waals surface area (Å²) in [6, 6.07) is 5.03. The molecule has 0 unspecified atom stereocenters. The van der Waals surface area contributed by atoms with E-state index in [2.05, 4.69) is 14.7 Å². The van der Waals surface area contributed by atoms with Crippen molar-refractivity contribution < 1.29 is 8.42 Å². The number of sulfonamides is 1. The molecule has 7 heteroatoms. The molecule has 0 aliphatic rings. The van der Waals surface area contributed by atoms with E-state index in [0.717, 1.165) is 0 Å². The van der Waals surface area contributed by atoms with Gasteiger partial charge in [0.25, 0.3) is 10.0 Å². The van der Waals surface area contributed by atoms with Crippen LogP contribution >= 0.6 is 0 Å². The minimum absolute atomic E-state index is 0.0723. The predicted molar refractivity (Wildman–Crippen MR) is 82.6 cm³/mol. The molecule has 0 amide bonds. The number of aryl methyl sites for hydroxylation is 4. The molecule has 2 aromatic rings. The smallest absolute Gasteiger partial charge is 0.264 e. The summed E-state index contributed by atoms with van der Waals surface area (Å²) in [5, 5.41) is 0. The topological polar surface area (TPSA) is 98.0 Å². The van der Waals surface area contributed by atoms with Gasteiger partial charge in [-0.15, -0.1) is 0 Å². The van der Waals surface area contributed by atoms with Crippen LogP contribution in [0.3, 0.4) is 0 Å². The molecular weight excluding hydrogens is 288 g/mol. The summed E-state index contributed by atoms with van der Waals surface area (Å²) in [5.41, 5.74) is 8.83. The summed E-state index contributed by atoms with van der Waals surface area (Å²) < 4.78 is 27.5. The molecule has 0 spiro atoms. The van der Waals surface area contributed by atoms with Gasteiger partial charge >= 0.3 is 0 Å². The second-order valence-corrected chi connectivity index (χ2v) is 6.68. The van der Waals surface area contributed by atoms with Crippen LogP contribution in [0, 0.1) is 27.7 Å². The molecule has 6 nitrogen and oxygen atoms in total. The van der Waals surface area contributed by atoms with Crippen LogP contribution in [-0.4, -0.2) is 18.4 Å². The standard InChI is InChI=1S/C14H18N4O2S/c1-8-5-12(15)6-9(2)13(8)21(19,20)18-14-16-10(3)7-11(4)17-14/h5-7H,15H2,1-4H3,(H,16,17,18). The van der Waals surface area contributed by atoms with Gasteiger partial charge in [-0.05, 0) is 57.0 Å². The Morgan fingerprint density at radius 2 is 1.43 bits per heavy atom. The van der Waals surface area contributed by atoms with E-state index >= 15 is 0 Å². The third-order valence-electron chi connectivity index (χ3n) is 2.96. The van der Waals surface area contributed by atoms with E-state index in [1.165, 1.54) is 0 Å². The van der Waals surface area contributed by atoms with E-state index in [9.17, 15) is 8.42 Å². The number of benzene rings is 1. The fraction of sp³-hybridized carbons (Fsp3) is 0.286. The maximum atomic E-state index is 12.5. The van der Waals surface area contributed by atoms with Crippen molar-refractivity contribution in [1.82, 2.24) is 9.97 Å². The molecule has 0 aliphatic heterocycles. The molecule has 0 aliphatic carbocycles. The van der Waals surface area contributed by atoms with Crippen LogP contribution in [0.4, 0.5) is 11.6 Å². The normalized spacial score (nSPS) is 11.4. The Balaban J connectivity index is 2.48. The van der Waals surface area contributed by atoms with Crippen molar-refractivity contribution in [3.8, 4) is 0 Å². The SMILES string of the molecule is Cc1cc(C)nc(NS(=O)(=O)c2c(C)cc(N)cc2C)n1. The number of aromatic nitrogens is 2. The Morgan fingerprint density at radius 3 is 1.90 bits per heavy atom. The lowest BCUT2D eigenvalue weighted by atomic mass is 10.1. The summed E-state index contributed by atoms with van der Waals surface area (Å²) in [6.45, 7) is 6.99. The van der Waals surface area contributed by atoms with Gasteiger partial charge in [-0.3, -0.25) is 0 Å². The van der Waals surface area contributed by atoms with Crippen LogP contribution in [0.1, 0.15) is 22.5 Å². The number of rotatable bonds is 3. The molecule has 112 valence electrons. The van der Waals surface area contributed by atoms with Gasteiger partial charge in [0.2, 0.25) is 5.95 Å². The fourth-order valence-corrected chi connectivity index (χ4v) is 3.75. The summed E-state index contributed by atoms with van der Waals surface area (Å²) in [5.74, 6) is 0.0723. The molecule has 0 bridgehead atoms. The molecule has 21 heavy (non-hydrogen) atoms. The maximum Gasteiger partial charge on any atom is 0.264 e. The highest BCUT2D eigenvalue weighted by atomic mass is 32.2. The number of hydrogen-bond acceptors (Lipinski definition) is 5. The quantitative estimate of drug-likeness (QED) is 0.846. The van der Waals surface area contributed by atoms with Gasteiger partial charge in [-0.1, -0.05) is 0 Å². The zero-order valence-electron chi connectivity index (χ0n) is 12.4. The highest BCUT2D eigenvalue weighted by Crippen LogP contribution is 2.24. The Hall–Kier alpha value is -2.15. The Bertz CT molecular complexity index is 757. The molecular formula is C14H18N4O2S. The van der Waals surface area contributed by atoms with Crippen molar-refractivity contribution in [3.63, 3.8) is 0 Å². The van der Waals surface area contributed by atoms with E-state index in [1.807, 2.05) is 0 Å². The third kappa shape index (κ3) is 3.30. The van der Waals surface area contributed by atoms with Crippen LogP contribution in [-0.2, 0) is 10.0 Å². The first-order valence-electron chi connectivity index (χ1n) is 6.41. The second-order valence-electron chi connectivity index (χ2n) is 5.06. The largest absolute Gasteiger partial charge is 0.399 e. The third-order valence-corrected chi connectivity index (χ3v) is 4.59. The zero-order valence-corrected chi connectivity index (χ0v) is 13.2. The summed E-state index contributed by atoms with van der Waals surface area (Å²) in [4.78, 5) is 8.40. The number of hydrogen-bond donors (Lipinski definition) is 2. The highest BCUT2D eigenvalue weighted by molar-refractivity contribution is 7.92. The second kappa shape index (κ2) is 5.33. The average Bonchev–Trinajstić information content (AvgIpc) is 2.23. The lowest BCUT2D eigenvalue weighted by Crippen LogP contribution is -2.18. The first-order valence-corrected chi connectivity index (χ1v) is 7.89. The maximum absolute atomic E-state index is 12.5. The number of nitrogens with two attached hydrogens (primary N) is 1. The van der Waals surface area contributed by atoms with Crippen LogP contribution in [0.5, 0.6) is 0 Å². The molecule has 2 rings (SSSR count). The fourth-order valence-electron chi connectivity index (χ4n) is 2.35. The van der Waals surface area contributed by atoms with Gasteiger partial charge in [0.1, 0.15) is 0 Å². The lowest BCUT2D eigenvalue weighted by Gasteiger charge is -2.13. The van der Waals surface area contributed by atoms with Crippen molar-refractivity contribution >= 4 is 21.7 Å².